The van der Waals surface area contributed by atoms with E-state index in [9.17, 15) is 4.79 Å². The third-order valence-corrected chi connectivity index (χ3v) is 2.31. The first-order chi connectivity index (χ1) is 6.29. The summed E-state index contributed by atoms with van der Waals surface area (Å²) in [5.74, 6) is 0.304. The molecule has 0 aromatic carbocycles. The van der Waals surface area contributed by atoms with E-state index in [2.05, 4.69) is 18.2 Å². The Hall–Kier alpha value is -0.850. The molecule has 1 heteroatoms. The summed E-state index contributed by atoms with van der Waals surface area (Å²) < 4.78 is 0. The highest BCUT2D eigenvalue weighted by atomic mass is 16.1. The van der Waals surface area contributed by atoms with Crippen molar-refractivity contribution in [1.29, 1.82) is 0 Å². The average molecular weight is 178 g/mol. The van der Waals surface area contributed by atoms with Crippen LogP contribution < -0.4 is 0 Å². The highest BCUT2D eigenvalue weighted by Gasteiger charge is 1.98. The minimum absolute atomic E-state index is 0.304. The van der Waals surface area contributed by atoms with E-state index in [1.54, 1.807) is 6.92 Å². The molecule has 0 spiro atoms. The zero-order chi connectivity index (χ0) is 9.52. The number of hydrogen-bond acceptors (Lipinski definition) is 1. The number of hydrogen-bond donors (Lipinski definition) is 0. The molecule has 0 N–H and O–H groups in total. The molecular weight excluding hydrogens is 160 g/mol. The lowest BCUT2D eigenvalue weighted by atomic mass is 10.1. The highest BCUT2D eigenvalue weighted by molar-refractivity contribution is 5.75. The van der Waals surface area contributed by atoms with E-state index >= 15 is 0 Å². The van der Waals surface area contributed by atoms with Gasteiger partial charge in [-0.25, -0.2) is 0 Å². The largest absolute Gasteiger partial charge is 0.300 e. The van der Waals surface area contributed by atoms with Gasteiger partial charge < -0.3 is 4.79 Å². The van der Waals surface area contributed by atoms with Gasteiger partial charge in [0.1, 0.15) is 5.78 Å². The SMILES string of the molecule is CC(=O)CCCC1=CCCCC=C1. The van der Waals surface area contributed by atoms with Crippen LogP contribution in [-0.2, 0) is 4.79 Å². The number of Topliss-reactive ketones (excluding diaryl/α,β-unsaturated/α-hetero) is 1. The summed E-state index contributed by atoms with van der Waals surface area (Å²) in [6.45, 7) is 1.66. The Morgan fingerprint density at radius 3 is 3.08 bits per heavy atom. The van der Waals surface area contributed by atoms with E-state index in [1.165, 1.54) is 24.8 Å². The molecule has 0 aromatic rings. The minimum atomic E-state index is 0.304. The molecule has 72 valence electrons. The van der Waals surface area contributed by atoms with E-state index in [0.29, 0.717) is 5.78 Å². The van der Waals surface area contributed by atoms with E-state index in [1.807, 2.05) is 0 Å². The maximum atomic E-state index is 10.7. The van der Waals surface area contributed by atoms with Gasteiger partial charge in [-0.2, -0.15) is 0 Å². The van der Waals surface area contributed by atoms with Crippen molar-refractivity contribution in [2.24, 2.45) is 0 Å². The summed E-state index contributed by atoms with van der Waals surface area (Å²) in [7, 11) is 0. The van der Waals surface area contributed by atoms with Crippen molar-refractivity contribution in [3.8, 4) is 0 Å². The van der Waals surface area contributed by atoms with Crippen LogP contribution in [0.25, 0.3) is 0 Å². The fourth-order valence-corrected chi connectivity index (χ4v) is 1.55. The van der Waals surface area contributed by atoms with Gasteiger partial charge in [0.2, 0.25) is 0 Å². The summed E-state index contributed by atoms with van der Waals surface area (Å²) in [5.41, 5.74) is 1.42. The standard InChI is InChI=1S/C12H18O/c1-11(13)7-6-10-12-8-4-2-3-5-9-12/h4,8-9H,2-3,5-7,10H2,1H3. The molecule has 0 saturated heterocycles. The second-order valence-corrected chi connectivity index (χ2v) is 3.67. The minimum Gasteiger partial charge on any atom is -0.300 e. The van der Waals surface area contributed by atoms with Gasteiger partial charge in [0, 0.05) is 6.42 Å². The molecule has 13 heavy (non-hydrogen) atoms. The van der Waals surface area contributed by atoms with Gasteiger partial charge in [0.25, 0.3) is 0 Å². The summed E-state index contributed by atoms with van der Waals surface area (Å²) in [6.07, 6.45) is 13.2. The predicted molar refractivity (Wildman–Crippen MR) is 55.6 cm³/mol. The van der Waals surface area contributed by atoms with E-state index < -0.39 is 0 Å². The topological polar surface area (TPSA) is 17.1 Å². The van der Waals surface area contributed by atoms with Crippen LogP contribution in [0.1, 0.15) is 45.4 Å². The Labute approximate surface area is 80.5 Å². The molecule has 0 atom stereocenters. The van der Waals surface area contributed by atoms with Gasteiger partial charge in [0.05, 0.1) is 0 Å². The lowest BCUT2D eigenvalue weighted by molar-refractivity contribution is -0.117. The van der Waals surface area contributed by atoms with Crippen molar-refractivity contribution in [1.82, 2.24) is 0 Å². The molecule has 1 nitrogen and oxygen atoms in total. The van der Waals surface area contributed by atoms with Crippen molar-refractivity contribution in [2.45, 2.75) is 45.4 Å². The van der Waals surface area contributed by atoms with Crippen molar-refractivity contribution in [3.05, 3.63) is 23.8 Å². The van der Waals surface area contributed by atoms with Crippen LogP contribution in [0, 0.1) is 0 Å². The van der Waals surface area contributed by atoms with Crippen LogP contribution in [-0.4, -0.2) is 5.78 Å². The van der Waals surface area contributed by atoms with Crippen LogP contribution in [0.3, 0.4) is 0 Å². The smallest absolute Gasteiger partial charge is 0.129 e. The molecule has 0 heterocycles. The molecule has 1 aliphatic carbocycles. The molecule has 1 aliphatic rings. The lowest BCUT2D eigenvalue weighted by Crippen LogP contribution is -1.89. The summed E-state index contributed by atoms with van der Waals surface area (Å²) in [6, 6.07) is 0. The van der Waals surface area contributed by atoms with Gasteiger partial charge in [0.15, 0.2) is 0 Å². The molecule has 0 aromatic heterocycles. The number of ketones is 1. The van der Waals surface area contributed by atoms with Gasteiger partial charge in [-0.05, 0) is 39.0 Å². The van der Waals surface area contributed by atoms with E-state index in [0.717, 1.165) is 19.3 Å². The second kappa shape index (κ2) is 5.74. The zero-order valence-corrected chi connectivity index (χ0v) is 8.38. The first-order valence-electron chi connectivity index (χ1n) is 5.14. The van der Waals surface area contributed by atoms with E-state index in [-0.39, 0.29) is 0 Å². The van der Waals surface area contributed by atoms with Crippen LogP contribution >= 0.6 is 0 Å². The fourth-order valence-electron chi connectivity index (χ4n) is 1.55. The lowest BCUT2D eigenvalue weighted by Gasteiger charge is -1.99. The maximum absolute atomic E-state index is 10.7. The Morgan fingerprint density at radius 2 is 2.31 bits per heavy atom. The van der Waals surface area contributed by atoms with Crippen molar-refractivity contribution in [2.75, 3.05) is 0 Å². The molecule has 0 aliphatic heterocycles. The molecular formula is C12H18O. The Kier molecular flexibility index (Phi) is 4.52. The molecule has 0 unspecified atom stereocenters. The van der Waals surface area contributed by atoms with Crippen molar-refractivity contribution >= 4 is 5.78 Å². The van der Waals surface area contributed by atoms with E-state index in [4.69, 9.17) is 0 Å². The Balaban J connectivity index is 2.26. The molecule has 0 bridgehead atoms. The number of carbonyl (C=O) groups excluding carboxylic acids is 1. The number of carbonyl (C=O) groups is 1. The predicted octanol–water partition coefficient (Wildman–Crippen LogP) is 3.41. The zero-order valence-electron chi connectivity index (χ0n) is 8.38. The van der Waals surface area contributed by atoms with Gasteiger partial charge in [-0.15, -0.1) is 0 Å². The average Bonchev–Trinajstić information content (AvgIpc) is 2.32. The van der Waals surface area contributed by atoms with Crippen LogP contribution in [0.2, 0.25) is 0 Å². The Bertz CT molecular complexity index is 223. The van der Waals surface area contributed by atoms with Gasteiger partial charge >= 0.3 is 0 Å². The maximum Gasteiger partial charge on any atom is 0.129 e. The second-order valence-electron chi connectivity index (χ2n) is 3.67. The van der Waals surface area contributed by atoms with Crippen LogP contribution in [0.5, 0.6) is 0 Å². The number of allylic oxidation sites excluding steroid dienone is 4. The van der Waals surface area contributed by atoms with Gasteiger partial charge in [-0.1, -0.05) is 23.8 Å². The van der Waals surface area contributed by atoms with Crippen LogP contribution in [0.4, 0.5) is 0 Å². The summed E-state index contributed by atoms with van der Waals surface area (Å²) >= 11 is 0. The molecule has 0 saturated carbocycles. The number of rotatable bonds is 4. The molecule has 0 fully saturated rings. The van der Waals surface area contributed by atoms with Gasteiger partial charge in [-0.3, -0.25) is 0 Å². The normalized spacial score (nSPS) is 16.5. The van der Waals surface area contributed by atoms with Crippen molar-refractivity contribution < 1.29 is 4.79 Å². The quantitative estimate of drug-likeness (QED) is 0.644. The fraction of sp³-hybridized carbons (Fsp3) is 0.583. The first-order valence-corrected chi connectivity index (χ1v) is 5.14. The summed E-state index contributed by atoms with van der Waals surface area (Å²) in [5, 5.41) is 0. The highest BCUT2D eigenvalue weighted by Crippen LogP contribution is 2.15. The first kappa shape index (κ1) is 10.2. The summed E-state index contributed by atoms with van der Waals surface area (Å²) in [4.78, 5) is 10.7. The molecule has 0 amide bonds. The monoisotopic (exact) mass is 178 g/mol. The van der Waals surface area contributed by atoms with Crippen LogP contribution in [0.15, 0.2) is 23.8 Å². The third kappa shape index (κ3) is 4.66. The third-order valence-electron chi connectivity index (χ3n) is 2.31. The van der Waals surface area contributed by atoms with Crippen molar-refractivity contribution in [3.63, 3.8) is 0 Å². The Morgan fingerprint density at radius 1 is 1.46 bits per heavy atom. The molecule has 1 rings (SSSR count). The molecule has 0 radical (unpaired) electrons.